The van der Waals surface area contributed by atoms with Crippen molar-refractivity contribution in [3.05, 3.63) is 23.9 Å². The van der Waals surface area contributed by atoms with Crippen LogP contribution in [-0.2, 0) is 6.18 Å². The van der Waals surface area contributed by atoms with Crippen molar-refractivity contribution in [1.82, 2.24) is 4.98 Å². The SMILES string of the molecule is OCC1CCCCCN1c1cccc(C(F)(F)F)n1. The molecule has 0 saturated carbocycles. The molecule has 2 heterocycles. The maximum Gasteiger partial charge on any atom is 0.433 e. The average molecular weight is 274 g/mol. The van der Waals surface area contributed by atoms with Crippen molar-refractivity contribution in [3.8, 4) is 0 Å². The van der Waals surface area contributed by atoms with Gasteiger partial charge < -0.3 is 10.0 Å². The Hall–Kier alpha value is -1.30. The van der Waals surface area contributed by atoms with E-state index in [1.807, 2.05) is 0 Å². The molecule has 1 fully saturated rings. The van der Waals surface area contributed by atoms with Crippen LogP contribution in [0.25, 0.3) is 0 Å². The van der Waals surface area contributed by atoms with Gasteiger partial charge in [-0.2, -0.15) is 13.2 Å². The maximum atomic E-state index is 12.7. The van der Waals surface area contributed by atoms with Crippen molar-refractivity contribution in [2.45, 2.75) is 37.9 Å². The fourth-order valence-corrected chi connectivity index (χ4v) is 2.41. The fourth-order valence-electron chi connectivity index (χ4n) is 2.41. The van der Waals surface area contributed by atoms with Gasteiger partial charge in [-0.1, -0.05) is 18.9 Å². The lowest BCUT2D eigenvalue weighted by atomic mass is 10.1. The third-order valence-corrected chi connectivity index (χ3v) is 3.41. The summed E-state index contributed by atoms with van der Waals surface area (Å²) in [6, 6.07) is 3.77. The Kier molecular flexibility index (Phi) is 4.29. The first-order valence-corrected chi connectivity index (χ1v) is 6.44. The number of aromatic nitrogens is 1. The molecule has 6 heteroatoms. The van der Waals surface area contributed by atoms with Crippen molar-refractivity contribution < 1.29 is 18.3 Å². The van der Waals surface area contributed by atoms with E-state index in [0.717, 1.165) is 31.7 Å². The number of nitrogens with zero attached hydrogens (tertiary/aromatic N) is 2. The van der Waals surface area contributed by atoms with Crippen LogP contribution in [0, 0.1) is 0 Å². The number of aliphatic hydroxyl groups excluding tert-OH is 1. The monoisotopic (exact) mass is 274 g/mol. The molecule has 1 aliphatic rings. The highest BCUT2D eigenvalue weighted by Gasteiger charge is 2.33. The smallest absolute Gasteiger partial charge is 0.394 e. The van der Waals surface area contributed by atoms with E-state index in [4.69, 9.17) is 0 Å². The lowest BCUT2D eigenvalue weighted by Gasteiger charge is -2.30. The molecule has 0 bridgehead atoms. The van der Waals surface area contributed by atoms with E-state index in [2.05, 4.69) is 4.98 Å². The Morgan fingerprint density at radius 2 is 2.05 bits per heavy atom. The summed E-state index contributed by atoms with van der Waals surface area (Å²) in [5.41, 5.74) is -0.883. The highest BCUT2D eigenvalue weighted by molar-refractivity contribution is 5.41. The molecular formula is C13H17F3N2O. The molecular weight excluding hydrogens is 257 g/mol. The van der Waals surface area contributed by atoms with Crippen molar-refractivity contribution >= 4 is 5.82 Å². The van der Waals surface area contributed by atoms with Crippen LogP contribution in [0.15, 0.2) is 18.2 Å². The van der Waals surface area contributed by atoms with Crippen molar-refractivity contribution in [3.63, 3.8) is 0 Å². The summed E-state index contributed by atoms with van der Waals surface area (Å²) in [5, 5.41) is 9.39. The fraction of sp³-hybridized carbons (Fsp3) is 0.615. The standard InChI is InChI=1S/C13H17F3N2O/c14-13(15,16)11-6-4-7-12(17-11)18-8-3-1-2-5-10(18)9-19/h4,6-7,10,19H,1-3,5,8-9H2. The largest absolute Gasteiger partial charge is 0.433 e. The van der Waals surface area contributed by atoms with Gasteiger partial charge in [0.15, 0.2) is 0 Å². The van der Waals surface area contributed by atoms with E-state index in [1.165, 1.54) is 6.07 Å². The second-order valence-corrected chi connectivity index (χ2v) is 4.76. The highest BCUT2D eigenvalue weighted by Crippen LogP contribution is 2.30. The van der Waals surface area contributed by atoms with Crippen molar-refractivity contribution in [2.24, 2.45) is 0 Å². The number of alkyl halides is 3. The molecule has 19 heavy (non-hydrogen) atoms. The van der Waals surface area contributed by atoms with E-state index in [9.17, 15) is 18.3 Å². The van der Waals surface area contributed by atoms with E-state index >= 15 is 0 Å². The lowest BCUT2D eigenvalue weighted by molar-refractivity contribution is -0.141. The molecule has 1 aromatic rings. The first-order valence-electron chi connectivity index (χ1n) is 6.44. The third kappa shape index (κ3) is 3.37. The molecule has 0 radical (unpaired) electrons. The first kappa shape index (κ1) is 14.1. The van der Waals surface area contributed by atoms with Gasteiger partial charge in [-0.25, -0.2) is 4.98 Å². The quantitative estimate of drug-likeness (QED) is 0.901. The van der Waals surface area contributed by atoms with Crippen LogP contribution in [0.1, 0.15) is 31.4 Å². The van der Waals surface area contributed by atoms with Gasteiger partial charge in [-0.15, -0.1) is 0 Å². The zero-order valence-electron chi connectivity index (χ0n) is 10.5. The second-order valence-electron chi connectivity index (χ2n) is 4.76. The zero-order valence-corrected chi connectivity index (χ0v) is 10.5. The number of pyridine rings is 1. The molecule has 1 unspecified atom stereocenters. The second kappa shape index (κ2) is 5.77. The summed E-state index contributed by atoms with van der Waals surface area (Å²) in [6.45, 7) is 0.581. The van der Waals surface area contributed by atoms with E-state index < -0.39 is 11.9 Å². The summed E-state index contributed by atoms with van der Waals surface area (Å²) >= 11 is 0. The third-order valence-electron chi connectivity index (χ3n) is 3.41. The Bertz CT molecular complexity index is 423. The normalized spacial score (nSPS) is 21.3. The highest BCUT2D eigenvalue weighted by atomic mass is 19.4. The zero-order chi connectivity index (χ0) is 13.9. The van der Waals surface area contributed by atoms with Crippen molar-refractivity contribution in [1.29, 1.82) is 0 Å². The van der Waals surface area contributed by atoms with E-state index in [-0.39, 0.29) is 12.6 Å². The molecule has 0 spiro atoms. The molecule has 0 aliphatic carbocycles. The van der Waals surface area contributed by atoms with E-state index in [1.54, 1.807) is 11.0 Å². The Morgan fingerprint density at radius 1 is 1.26 bits per heavy atom. The van der Waals surface area contributed by atoms with Gasteiger partial charge in [0.1, 0.15) is 11.5 Å². The first-order chi connectivity index (χ1) is 9.02. The molecule has 0 aromatic carbocycles. The predicted octanol–water partition coefficient (Wildman–Crippen LogP) is 2.84. The van der Waals surface area contributed by atoms with Gasteiger partial charge in [-0.05, 0) is 25.0 Å². The number of rotatable bonds is 2. The Morgan fingerprint density at radius 3 is 2.74 bits per heavy atom. The van der Waals surface area contributed by atoms with Crippen LogP contribution in [0.5, 0.6) is 0 Å². The summed E-state index contributed by atoms with van der Waals surface area (Å²) in [4.78, 5) is 5.49. The summed E-state index contributed by atoms with van der Waals surface area (Å²) in [5.74, 6) is 0.302. The molecule has 106 valence electrons. The molecule has 1 aliphatic heterocycles. The topological polar surface area (TPSA) is 36.4 Å². The molecule has 1 aromatic heterocycles. The number of hydrogen-bond acceptors (Lipinski definition) is 3. The Balaban J connectivity index is 2.28. The number of anilines is 1. The van der Waals surface area contributed by atoms with Crippen LogP contribution in [0.3, 0.4) is 0 Å². The van der Waals surface area contributed by atoms with Crippen LogP contribution in [0.2, 0.25) is 0 Å². The van der Waals surface area contributed by atoms with Crippen molar-refractivity contribution in [2.75, 3.05) is 18.1 Å². The molecule has 1 N–H and O–H groups in total. The minimum Gasteiger partial charge on any atom is -0.394 e. The number of aliphatic hydroxyl groups is 1. The van der Waals surface area contributed by atoms with Gasteiger partial charge >= 0.3 is 6.18 Å². The summed E-state index contributed by atoms with van der Waals surface area (Å²) < 4.78 is 38.0. The van der Waals surface area contributed by atoms with E-state index in [0.29, 0.717) is 12.4 Å². The molecule has 2 rings (SSSR count). The van der Waals surface area contributed by atoms with Crippen LogP contribution in [-0.4, -0.2) is 29.3 Å². The predicted molar refractivity (Wildman–Crippen MR) is 65.9 cm³/mol. The number of hydrogen-bond donors (Lipinski definition) is 1. The van der Waals surface area contributed by atoms with Gasteiger partial charge in [0, 0.05) is 6.54 Å². The molecule has 3 nitrogen and oxygen atoms in total. The minimum absolute atomic E-state index is 0.0576. The maximum absolute atomic E-state index is 12.7. The van der Waals surface area contributed by atoms with Gasteiger partial charge in [0.05, 0.1) is 12.6 Å². The van der Waals surface area contributed by atoms with Gasteiger partial charge in [-0.3, -0.25) is 0 Å². The van der Waals surface area contributed by atoms with Crippen LogP contribution < -0.4 is 4.90 Å². The lowest BCUT2D eigenvalue weighted by Crippen LogP contribution is -2.38. The molecule has 0 amide bonds. The van der Waals surface area contributed by atoms with Gasteiger partial charge in [0.2, 0.25) is 0 Å². The Labute approximate surface area is 110 Å². The average Bonchev–Trinajstić information content (AvgIpc) is 2.62. The summed E-state index contributed by atoms with van der Waals surface area (Å²) in [7, 11) is 0. The number of halogens is 3. The van der Waals surface area contributed by atoms with Crippen LogP contribution >= 0.6 is 0 Å². The van der Waals surface area contributed by atoms with Crippen LogP contribution in [0.4, 0.5) is 19.0 Å². The minimum atomic E-state index is -4.43. The molecule has 1 atom stereocenters. The van der Waals surface area contributed by atoms with Gasteiger partial charge in [0.25, 0.3) is 0 Å². The molecule has 1 saturated heterocycles. The summed E-state index contributed by atoms with van der Waals surface area (Å²) in [6.07, 6.45) is -0.716.